The molecule has 0 radical (unpaired) electrons. The van der Waals surface area contributed by atoms with Gasteiger partial charge < -0.3 is 18.9 Å². The van der Waals surface area contributed by atoms with Crippen LogP contribution in [0.3, 0.4) is 0 Å². The third-order valence-corrected chi connectivity index (χ3v) is 5.64. The third kappa shape index (κ3) is 3.80. The Bertz CT molecular complexity index is 876. The van der Waals surface area contributed by atoms with Gasteiger partial charge in [-0.05, 0) is 19.9 Å². The molecule has 0 aliphatic heterocycles. The summed E-state index contributed by atoms with van der Waals surface area (Å²) in [6.07, 6.45) is 0. The molecule has 4 heteroatoms. The van der Waals surface area contributed by atoms with Crippen molar-refractivity contribution >= 4 is 0 Å². The number of ether oxygens (including phenoxy) is 4. The number of benzene rings is 3. The number of hydrogen-bond donors (Lipinski definition) is 0. The predicted octanol–water partition coefficient (Wildman–Crippen LogP) is 5.29. The summed E-state index contributed by atoms with van der Waals surface area (Å²) < 4.78 is 23.8. The Labute approximate surface area is 179 Å². The van der Waals surface area contributed by atoms with Crippen molar-refractivity contribution in [1.82, 2.24) is 0 Å². The standard InChI is InChI=1S/C26H30O4/c1-19-10-14-21(15-11-19)25(27-3,28-4)23-8-7-9-24(18-23)26(29-5,30-6)22-16-12-20(2)13-17-22/h7-18H,1-6H3. The lowest BCUT2D eigenvalue weighted by Gasteiger charge is -2.35. The van der Waals surface area contributed by atoms with Crippen molar-refractivity contribution in [2.75, 3.05) is 28.4 Å². The largest absolute Gasteiger partial charge is 0.346 e. The lowest BCUT2D eigenvalue weighted by atomic mass is 9.90. The summed E-state index contributed by atoms with van der Waals surface area (Å²) in [5.74, 6) is -2.10. The van der Waals surface area contributed by atoms with Crippen LogP contribution in [-0.4, -0.2) is 28.4 Å². The lowest BCUT2D eigenvalue weighted by molar-refractivity contribution is -0.188. The van der Waals surface area contributed by atoms with Crippen LogP contribution in [0.1, 0.15) is 33.4 Å². The molecular weight excluding hydrogens is 376 g/mol. The molecule has 0 fully saturated rings. The fourth-order valence-corrected chi connectivity index (χ4v) is 3.92. The average Bonchev–Trinajstić information content (AvgIpc) is 2.79. The monoisotopic (exact) mass is 406 g/mol. The molecule has 0 heterocycles. The molecule has 30 heavy (non-hydrogen) atoms. The van der Waals surface area contributed by atoms with E-state index in [2.05, 4.69) is 13.8 Å². The highest BCUT2D eigenvalue weighted by Gasteiger charge is 2.39. The second kappa shape index (κ2) is 9.11. The Morgan fingerprint density at radius 2 is 0.800 bits per heavy atom. The van der Waals surface area contributed by atoms with Crippen molar-refractivity contribution in [2.45, 2.75) is 25.4 Å². The Balaban J connectivity index is 2.17. The number of methoxy groups -OCH3 is 4. The summed E-state index contributed by atoms with van der Waals surface area (Å²) in [7, 11) is 6.59. The molecule has 0 atom stereocenters. The second-order valence-electron chi connectivity index (χ2n) is 7.36. The van der Waals surface area contributed by atoms with Crippen LogP contribution in [0.5, 0.6) is 0 Å². The summed E-state index contributed by atoms with van der Waals surface area (Å²) in [5.41, 5.74) is 5.85. The van der Waals surface area contributed by atoms with E-state index in [-0.39, 0.29) is 0 Å². The zero-order valence-electron chi connectivity index (χ0n) is 18.6. The first kappa shape index (κ1) is 22.2. The van der Waals surface area contributed by atoms with Crippen LogP contribution in [0.25, 0.3) is 0 Å². The van der Waals surface area contributed by atoms with E-state index >= 15 is 0 Å². The van der Waals surface area contributed by atoms with Crippen LogP contribution in [0.2, 0.25) is 0 Å². The Morgan fingerprint density at radius 1 is 0.467 bits per heavy atom. The molecule has 0 unspecified atom stereocenters. The molecule has 4 nitrogen and oxygen atoms in total. The molecule has 0 spiro atoms. The first-order chi connectivity index (χ1) is 14.5. The van der Waals surface area contributed by atoms with Crippen LogP contribution < -0.4 is 0 Å². The molecule has 0 bridgehead atoms. The minimum absolute atomic E-state index is 0.847. The van der Waals surface area contributed by atoms with Gasteiger partial charge in [0.15, 0.2) is 0 Å². The van der Waals surface area contributed by atoms with Gasteiger partial charge >= 0.3 is 0 Å². The molecule has 0 aromatic heterocycles. The highest BCUT2D eigenvalue weighted by Crippen LogP contribution is 2.39. The molecule has 0 amide bonds. The van der Waals surface area contributed by atoms with Crippen molar-refractivity contribution < 1.29 is 18.9 Å². The maximum atomic E-state index is 5.95. The van der Waals surface area contributed by atoms with Crippen LogP contribution >= 0.6 is 0 Å². The minimum atomic E-state index is -1.05. The Morgan fingerprint density at radius 3 is 1.10 bits per heavy atom. The molecule has 0 N–H and O–H groups in total. The number of hydrogen-bond acceptors (Lipinski definition) is 4. The second-order valence-corrected chi connectivity index (χ2v) is 7.36. The van der Waals surface area contributed by atoms with E-state index in [1.54, 1.807) is 28.4 Å². The number of rotatable bonds is 8. The van der Waals surface area contributed by atoms with E-state index in [1.165, 1.54) is 11.1 Å². The van der Waals surface area contributed by atoms with Gasteiger partial charge in [0, 0.05) is 50.7 Å². The summed E-state index contributed by atoms with van der Waals surface area (Å²) in [6.45, 7) is 4.11. The average molecular weight is 407 g/mol. The fourth-order valence-electron chi connectivity index (χ4n) is 3.92. The zero-order valence-corrected chi connectivity index (χ0v) is 18.6. The van der Waals surface area contributed by atoms with Gasteiger partial charge in [0.1, 0.15) is 0 Å². The predicted molar refractivity (Wildman–Crippen MR) is 118 cm³/mol. The third-order valence-electron chi connectivity index (χ3n) is 5.64. The summed E-state index contributed by atoms with van der Waals surface area (Å²) >= 11 is 0. The van der Waals surface area contributed by atoms with Gasteiger partial charge in [-0.2, -0.15) is 0 Å². The SMILES string of the molecule is COC(OC)(c1ccc(C)cc1)c1cccc(C(OC)(OC)c2ccc(C)cc2)c1. The molecule has 158 valence electrons. The van der Waals surface area contributed by atoms with Crippen LogP contribution in [0.4, 0.5) is 0 Å². The molecule has 0 saturated carbocycles. The van der Waals surface area contributed by atoms with E-state index < -0.39 is 11.6 Å². The fraction of sp³-hybridized carbons (Fsp3) is 0.308. The molecule has 3 aromatic rings. The van der Waals surface area contributed by atoms with Crippen LogP contribution in [-0.2, 0) is 30.5 Å². The van der Waals surface area contributed by atoms with Crippen molar-refractivity contribution in [2.24, 2.45) is 0 Å². The molecule has 3 rings (SSSR count). The lowest BCUT2D eigenvalue weighted by Crippen LogP contribution is -2.35. The van der Waals surface area contributed by atoms with Gasteiger partial charge in [-0.15, -0.1) is 0 Å². The van der Waals surface area contributed by atoms with E-state index in [0.717, 1.165) is 22.3 Å². The number of aryl methyl sites for hydroxylation is 2. The molecule has 3 aromatic carbocycles. The highest BCUT2D eigenvalue weighted by molar-refractivity contribution is 5.42. The maximum absolute atomic E-state index is 5.95. The maximum Gasteiger partial charge on any atom is 0.221 e. The van der Waals surface area contributed by atoms with Crippen molar-refractivity contribution in [3.8, 4) is 0 Å². The highest BCUT2D eigenvalue weighted by atomic mass is 16.7. The summed E-state index contributed by atoms with van der Waals surface area (Å²) in [6, 6.07) is 24.2. The van der Waals surface area contributed by atoms with Gasteiger partial charge in [0.25, 0.3) is 0 Å². The topological polar surface area (TPSA) is 36.9 Å². The first-order valence-corrected chi connectivity index (χ1v) is 9.91. The van der Waals surface area contributed by atoms with Crippen LogP contribution in [0.15, 0.2) is 72.8 Å². The molecule has 0 aliphatic rings. The van der Waals surface area contributed by atoms with Crippen LogP contribution in [0, 0.1) is 13.8 Å². The minimum Gasteiger partial charge on any atom is -0.346 e. The van der Waals surface area contributed by atoms with E-state index in [0.29, 0.717) is 0 Å². The van der Waals surface area contributed by atoms with Gasteiger partial charge in [-0.25, -0.2) is 0 Å². The van der Waals surface area contributed by atoms with Gasteiger partial charge in [-0.3, -0.25) is 0 Å². The van der Waals surface area contributed by atoms with Crippen molar-refractivity contribution in [3.63, 3.8) is 0 Å². The van der Waals surface area contributed by atoms with Gasteiger partial charge in [0.05, 0.1) is 0 Å². The summed E-state index contributed by atoms with van der Waals surface area (Å²) in [4.78, 5) is 0. The van der Waals surface area contributed by atoms with Crippen molar-refractivity contribution in [3.05, 3.63) is 106 Å². The van der Waals surface area contributed by atoms with E-state index in [4.69, 9.17) is 18.9 Å². The normalized spacial score (nSPS) is 12.2. The molecule has 0 saturated heterocycles. The Kier molecular flexibility index (Phi) is 6.74. The van der Waals surface area contributed by atoms with E-state index in [9.17, 15) is 0 Å². The smallest absolute Gasteiger partial charge is 0.221 e. The van der Waals surface area contributed by atoms with Crippen molar-refractivity contribution in [1.29, 1.82) is 0 Å². The zero-order chi connectivity index (χ0) is 21.8. The quantitative estimate of drug-likeness (QED) is 0.476. The molecule has 0 aliphatic carbocycles. The summed E-state index contributed by atoms with van der Waals surface area (Å²) in [5, 5.41) is 0. The van der Waals surface area contributed by atoms with E-state index in [1.807, 2.05) is 72.8 Å². The van der Waals surface area contributed by atoms with Gasteiger partial charge in [-0.1, -0.05) is 77.9 Å². The van der Waals surface area contributed by atoms with Gasteiger partial charge in [0.2, 0.25) is 11.6 Å². The molecular formula is C26H30O4. The Hall–Kier alpha value is -2.50. The first-order valence-electron chi connectivity index (χ1n) is 9.91.